The maximum Gasteiger partial charge on any atom is 0.328 e. The number of rotatable bonds is 7. The molecule has 0 aliphatic heterocycles. The predicted octanol–water partition coefficient (Wildman–Crippen LogP) is 2.20. The fourth-order valence-corrected chi connectivity index (χ4v) is 1.89. The van der Waals surface area contributed by atoms with E-state index in [-0.39, 0.29) is 5.91 Å². The summed E-state index contributed by atoms with van der Waals surface area (Å²) in [6.07, 6.45) is 3.31. The lowest BCUT2D eigenvalue weighted by molar-refractivity contribution is -0.131. The molecule has 114 valence electrons. The summed E-state index contributed by atoms with van der Waals surface area (Å²) in [6, 6.07) is 5.32. The van der Waals surface area contributed by atoms with Gasteiger partial charge in [-0.1, -0.05) is 12.1 Å². The number of amides is 1. The monoisotopic (exact) mass is 291 g/mol. The molecule has 1 aromatic carbocycles. The molecule has 0 fully saturated rings. The van der Waals surface area contributed by atoms with E-state index in [1.54, 1.807) is 31.2 Å². The molecule has 0 spiro atoms. The molecule has 0 saturated carbocycles. The highest BCUT2D eigenvalue weighted by Crippen LogP contribution is 2.15. The van der Waals surface area contributed by atoms with Crippen LogP contribution in [0.2, 0.25) is 0 Å². The van der Waals surface area contributed by atoms with Crippen LogP contribution in [0.25, 0.3) is 6.08 Å². The summed E-state index contributed by atoms with van der Waals surface area (Å²) in [4.78, 5) is 24.6. The Bertz CT molecular complexity index is 537. The van der Waals surface area contributed by atoms with Crippen molar-refractivity contribution < 1.29 is 19.4 Å². The van der Waals surface area contributed by atoms with Gasteiger partial charge in [-0.15, -0.1) is 0 Å². The molecule has 1 rings (SSSR count). The fourth-order valence-electron chi connectivity index (χ4n) is 1.89. The number of aryl methyl sites for hydroxylation is 1. The SMILES string of the molecule is COCCCN(C)C(=O)c1cc(C=CC(=O)O)ccc1C. The average molecular weight is 291 g/mol. The van der Waals surface area contributed by atoms with Gasteiger partial charge in [-0.05, 0) is 36.6 Å². The third kappa shape index (κ3) is 5.39. The molecule has 0 aromatic heterocycles. The van der Waals surface area contributed by atoms with Gasteiger partial charge in [0, 0.05) is 38.9 Å². The Morgan fingerprint density at radius 3 is 2.71 bits per heavy atom. The van der Waals surface area contributed by atoms with Crippen molar-refractivity contribution in [2.45, 2.75) is 13.3 Å². The van der Waals surface area contributed by atoms with Crippen LogP contribution < -0.4 is 0 Å². The van der Waals surface area contributed by atoms with Crippen LogP contribution in [-0.2, 0) is 9.53 Å². The first-order chi connectivity index (χ1) is 9.95. The molecule has 1 N–H and O–H groups in total. The number of hydrogen-bond acceptors (Lipinski definition) is 3. The Hall–Kier alpha value is -2.14. The Morgan fingerprint density at radius 2 is 2.10 bits per heavy atom. The van der Waals surface area contributed by atoms with Crippen LogP contribution in [0.1, 0.15) is 27.9 Å². The smallest absolute Gasteiger partial charge is 0.328 e. The normalized spacial score (nSPS) is 10.8. The highest BCUT2D eigenvalue weighted by Gasteiger charge is 2.14. The highest BCUT2D eigenvalue weighted by molar-refractivity contribution is 5.96. The van der Waals surface area contributed by atoms with E-state index in [2.05, 4.69) is 0 Å². The third-order valence-corrected chi connectivity index (χ3v) is 3.10. The Balaban J connectivity index is 2.87. The summed E-state index contributed by atoms with van der Waals surface area (Å²) in [5.41, 5.74) is 2.14. The molecule has 0 heterocycles. The number of benzene rings is 1. The Kier molecular flexibility index (Phi) is 6.62. The second kappa shape index (κ2) is 8.21. The van der Waals surface area contributed by atoms with Crippen LogP contribution in [0.4, 0.5) is 0 Å². The fraction of sp³-hybridized carbons (Fsp3) is 0.375. The first-order valence-electron chi connectivity index (χ1n) is 6.71. The molecule has 0 aliphatic carbocycles. The van der Waals surface area contributed by atoms with Crippen molar-refractivity contribution in [3.63, 3.8) is 0 Å². The number of nitrogens with zero attached hydrogens (tertiary/aromatic N) is 1. The Morgan fingerprint density at radius 1 is 1.38 bits per heavy atom. The lowest BCUT2D eigenvalue weighted by Crippen LogP contribution is -2.29. The van der Waals surface area contributed by atoms with Crippen molar-refractivity contribution in [2.75, 3.05) is 27.3 Å². The minimum atomic E-state index is -1.01. The number of carboxylic acids is 1. The summed E-state index contributed by atoms with van der Waals surface area (Å²) in [5, 5.41) is 8.64. The van der Waals surface area contributed by atoms with Crippen molar-refractivity contribution in [3.8, 4) is 0 Å². The van der Waals surface area contributed by atoms with Crippen molar-refractivity contribution in [3.05, 3.63) is 41.0 Å². The topological polar surface area (TPSA) is 66.8 Å². The first kappa shape index (κ1) is 16.9. The molecule has 0 unspecified atom stereocenters. The van der Waals surface area contributed by atoms with E-state index in [0.29, 0.717) is 24.3 Å². The number of ether oxygens (including phenoxy) is 1. The van der Waals surface area contributed by atoms with Gasteiger partial charge in [0.1, 0.15) is 0 Å². The van der Waals surface area contributed by atoms with Gasteiger partial charge in [-0.2, -0.15) is 0 Å². The molecule has 0 saturated heterocycles. The number of carboxylic acid groups (broad SMARTS) is 1. The Labute approximate surface area is 124 Å². The summed E-state index contributed by atoms with van der Waals surface area (Å²) in [6.45, 7) is 3.08. The third-order valence-electron chi connectivity index (χ3n) is 3.10. The van der Waals surface area contributed by atoms with E-state index in [9.17, 15) is 9.59 Å². The molecule has 0 aliphatic rings. The maximum atomic E-state index is 12.4. The van der Waals surface area contributed by atoms with Gasteiger partial charge in [-0.25, -0.2) is 4.79 Å². The van der Waals surface area contributed by atoms with Crippen LogP contribution in [0.15, 0.2) is 24.3 Å². The van der Waals surface area contributed by atoms with Crippen molar-refractivity contribution >= 4 is 18.0 Å². The molecule has 1 aromatic rings. The van der Waals surface area contributed by atoms with E-state index in [4.69, 9.17) is 9.84 Å². The molecule has 1 amide bonds. The zero-order valence-electron chi connectivity index (χ0n) is 12.6. The van der Waals surface area contributed by atoms with Crippen LogP contribution in [0, 0.1) is 6.92 Å². The van der Waals surface area contributed by atoms with Gasteiger partial charge >= 0.3 is 5.97 Å². The van der Waals surface area contributed by atoms with Gasteiger partial charge in [0.15, 0.2) is 0 Å². The quantitative estimate of drug-likeness (QED) is 0.618. The van der Waals surface area contributed by atoms with Gasteiger partial charge in [0.2, 0.25) is 0 Å². The summed E-state index contributed by atoms with van der Waals surface area (Å²) < 4.78 is 4.97. The van der Waals surface area contributed by atoms with Crippen LogP contribution in [0.3, 0.4) is 0 Å². The molecule has 5 nitrogen and oxygen atoms in total. The van der Waals surface area contributed by atoms with Gasteiger partial charge < -0.3 is 14.7 Å². The standard InChI is InChI=1S/C16H21NO4/c1-12-5-6-13(7-8-15(18)19)11-14(12)16(20)17(2)9-4-10-21-3/h5-8,11H,4,9-10H2,1-3H3,(H,18,19). The van der Waals surface area contributed by atoms with E-state index in [1.807, 2.05) is 13.0 Å². The van der Waals surface area contributed by atoms with Crippen LogP contribution in [-0.4, -0.2) is 49.2 Å². The van der Waals surface area contributed by atoms with Gasteiger partial charge in [0.25, 0.3) is 5.91 Å². The minimum Gasteiger partial charge on any atom is -0.478 e. The maximum absolute atomic E-state index is 12.4. The summed E-state index contributed by atoms with van der Waals surface area (Å²) in [7, 11) is 3.38. The summed E-state index contributed by atoms with van der Waals surface area (Å²) >= 11 is 0. The minimum absolute atomic E-state index is 0.0748. The molecule has 21 heavy (non-hydrogen) atoms. The summed E-state index contributed by atoms with van der Waals surface area (Å²) in [5.74, 6) is -1.09. The number of carbonyl (C=O) groups excluding carboxylic acids is 1. The second-order valence-corrected chi connectivity index (χ2v) is 4.82. The van der Waals surface area contributed by atoms with E-state index >= 15 is 0 Å². The molecule has 5 heteroatoms. The molecule has 0 radical (unpaired) electrons. The average Bonchev–Trinajstić information content (AvgIpc) is 2.45. The molecular weight excluding hydrogens is 270 g/mol. The lowest BCUT2D eigenvalue weighted by Gasteiger charge is -2.18. The van der Waals surface area contributed by atoms with Crippen molar-refractivity contribution in [1.29, 1.82) is 0 Å². The molecule has 0 bridgehead atoms. The number of hydrogen-bond donors (Lipinski definition) is 1. The zero-order valence-corrected chi connectivity index (χ0v) is 12.6. The number of aliphatic carboxylic acids is 1. The zero-order chi connectivity index (χ0) is 15.8. The van der Waals surface area contributed by atoms with Gasteiger partial charge in [0.05, 0.1) is 0 Å². The lowest BCUT2D eigenvalue weighted by atomic mass is 10.0. The van der Waals surface area contributed by atoms with Crippen LogP contribution >= 0.6 is 0 Å². The van der Waals surface area contributed by atoms with E-state index in [1.165, 1.54) is 6.08 Å². The van der Waals surface area contributed by atoms with Crippen molar-refractivity contribution in [1.82, 2.24) is 4.90 Å². The molecule has 0 atom stereocenters. The van der Waals surface area contributed by atoms with Crippen molar-refractivity contribution in [2.24, 2.45) is 0 Å². The van der Waals surface area contributed by atoms with E-state index in [0.717, 1.165) is 18.1 Å². The highest BCUT2D eigenvalue weighted by atomic mass is 16.5. The van der Waals surface area contributed by atoms with Gasteiger partial charge in [-0.3, -0.25) is 4.79 Å². The number of methoxy groups -OCH3 is 1. The molecular formula is C16H21NO4. The predicted molar refractivity (Wildman–Crippen MR) is 81.3 cm³/mol. The van der Waals surface area contributed by atoms with Crippen LogP contribution in [0.5, 0.6) is 0 Å². The van der Waals surface area contributed by atoms with E-state index < -0.39 is 5.97 Å². The number of carbonyl (C=O) groups is 2. The second-order valence-electron chi connectivity index (χ2n) is 4.82. The first-order valence-corrected chi connectivity index (χ1v) is 6.71. The largest absolute Gasteiger partial charge is 0.478 e.